The molecule has 8 aromatic carbocycles. The van der Waals surface area contributed by atoms with Crippen LogP contribution in [0, 0.1) is 0 Å². The third-order valence-electron chi connectivity index (χ3n) is 10.6. The average molecular weight is 690 g/mol. The molecule has 0 unspecified atom stereocenters. The Bertz CT molecular complexity index is 3210. The number of hydrogen-bond donors (Lipinski definition) is 0. The minimum Gasteiger partial charge on any atom is -0.309 e. The molecule has 0 bridgehead atoms. The van der Waals surface area contributed by atoms with Gasteiger partial charge in [0.1, 0.15) is 0 Å². The van der Waals surface area contributed by atoms with E-state index < -0.39 is 0 Å². The molecule has 0 atom stereocenters. The Balaban J connectivity index is 1.18. The summed E-state index contributed by atoms with van der Waals surface area (Å²) in [5.41, 5.74) is 9.45. The van der Waals surface area contributed by atoms with E-state index in [4.69, 9.17) is 15.0 Å². The van der Waals surface area contributed by atoms with Gasteiger partial charge in [0.05, 0.1) is 27.8 Å². The van der Waals surface area contributed by atoms with Crippen LogP contribution in [-0.4, -0.2) is 24.1 Å². The molecule has 3 aromatic heterocycles. The van der Waals surface area contributed by atoms with Crippen LogP contribution in [0.25, 0.3) is 99.9 Å². The number of para-hydroxylation sites is 4. The van der Waals surface area contributed by atoms with Crippen LogP contribution in [0.2, 0.25) is 0 Å². The van der Waals surface area contributed by atoms with E-state index in [0.29, 0.717) is 17.5 Å². The van der Waals surface area contributed by atoms with E-state index in [1.807, 2.05) is 18.2 Å². The molecule has 0 radical (unpaired) electrons. The molecule has 11 aromatic rings. The maximum absolute atomic E-state index is 5.31. The number of hydrogen-bond acceptors (Lipinski definition) is 3. The summed E-state index contributed by atoms with van der Waals surface area (Å²) in [5, 5.41) is 7.20. The van der Waals surface area contributed by atoms with Gasteiger partial charge >= 0.3 is 0 Å². The Morgan fingerprint density at radius 2 is 0.889 bits per heavy atom. The van der Waals surface area contributed by atoms with Gasteiger partial charge in [-0.05, 0) is 47.9 Å². The molecule has 0 saturated carbocycles. The second-order valence-corrected chi connectivity index (χ2v) is 13.6. The van der Waals surface area contributed by atoms with Gasteiger partial charge in [-0.15, -0.1) is 0 Å². The maximum Gasteiger partial charge on any atom is 0.166 e. The number of aromatic nitrogens is 5. The van der Waals surface area contributed by atoms with E-state index in [1.54, 1.807) is 0 Å². The summed E-state index contributed by atoms with van der Waals surface area (Å²) in [5.74, 6) is 1.86. The molecule has 54 heavy (non-hydrogen) atoms. The largest absolute Gasteiger partial charge is 0.309 e. The molecule has 0 N–H and O–H groups in total. The van der Waals surface area contributed by atoms with E-state index in [2.05, 4.69) is 179 Å². The van der Waals surface area contributed by atoms with Crippen LogP contribution in [0.15, 0.2) is 188 Å². The monoisotopic (exact) mass is 689 g/mol. The van der Waals surface area contributed by atoms with Crippen molar-refractivity contribution in [2.75, 3.05) is 0 Å². The first-order valence-electron chi connectivity index (χ1n) is 18.2. The molecular weight excluding hydrogens is 659 g/mol. The summed E-state index contributed by atoms with van der Waals surface area (Å²) in [4.78, 5) is 15.7. The lowest BCUT2D eigenvalue weighted by Crippen LogP contribution is -2.04. The van der Waals surface area contributed by atoms with Gasteiger partial charge < -0.3 is 9.13 Å². The summed E-state index contributed by atoms with van der Waals surface area (Å²) in [7, 11) is 0. The second-order valence-electron chi connectivity index (χ2n) is 13.6. The zero-order valence-electron chi connectivity index (χ0n) is 29.1. The van der Waals surface area contributed by atoms with E-state index in [9.17, 15) is 0 Å². The molecule has 252 valence electrons. The fourth-order valence-corrected chi connectivity index (χ4v) is 8.14. The third-order valence-corrected chi connectivity index (χ3v) is 10.6. The van der Waals surface area contributed by atoms with Crippen LogP contribution < -0.4 is 0 Å². The summed E-state index contributed by atoms with van der Waals surface area (Å²) in [6.45, 7) is 0. The lowest BCUT2D eigenvalue weighted by Gasteiger charge is -2.15. The zero-order valence-corrected chi connectivity index (χ0v) is 29.1. The van der Waals surface area contributed by atoms with E-state index in [-0.39, 0.29) is 0 Å². The summed E-state index contributed by atoms with van der Waals surface area (Å²) in [6.07, 6.45) is 0. The highest BCUT2D eigenvalue weighted by Crippen LogP contribution is 2.40. The maximum atomic E-state index is 5.31. The fraction of sp³-hybridized carbons (Fsp3) is 0. The first-order chi connectivity index (χ1) is 26.8. The molecule has 0 fully saturated rings. The molecule has 0 amide bonds. The quantitative estimate of drug-likeness (QED) is 0.181. The normalized spacial score (nSPS) is 11.7. The summed E-state index contributed by atoms with van der Waals surface area (Å²) >= 11 is 0. The Hall–Kier alpha value is -7.37. The van der Waals surface area contributed by atoms with Crippen molar-refractivity contribution in [1.29, 1.82) is 0 Å². The predicted octanol–water partition coefficient (Wildman–Crippen LogP) is 12.2. The lowest BCUT2D eigenvalue weighted by atomic mass is 10.1. The van der Waals surface area contributed by atoms with Crippen LogP contribution in [0.3, 0.4) is 0 Å². The molecule has 11 rings (SSSR count). The number of nitrogens with zero attached hydrogens (tertiary/aromatic N) is 5. The molecule has 0 aliphatic rings. The van der Waals surface area contributed by atoms with Crippen molar-refractivity contribution in [3.8, 4) is 45.5 Å². The Kier molecular flexibility index (Phi) is 6.79. The number of rotatable bonds is 5. The van der Waals surface area contributed by atoms with E-state index in [0.717, 1.165) is 44.6 Å². The minimum absolute atomic E-state index is 0.615. The van der Waals surface area contributed by atoms with Crippen LogP contribution in [-0.2, 0) is 0 Å². The van der Waals surface area contributed by atoms with Crippen molar-refractivity contribution in [2.45, 2.75) is 0 Å². The summed E-state index contributed by atoms with van der Waals surface area (Å²) in [6, 6.07) is 66.1. The van der Waals surface area contributed by atoms with Gasteiger partial charge in [-0.25, -0.2) is 15.0 Å². The smallest absolute Gasteiger partial charge is 0.166 e. The highest BCUT2D eigenvalue weighted by atomic mass is 15.1. The van der Waals surface area contributed by atoms with Crippen molar-refractivity contribution in [1.82, 2.24) is 24.1 Å². The van der Waals surface area contributed by atoms with Crippen molar-refractivity contribution >= 4 is 54.4 Å². The molecule has 5 nitrogen and oxygen atoms in total. The number of benzene rings is 8. The molecule has 3 heterocycles. The van der Waals surface area contributed by atoms with Crippen molar-refractivity contribution in [3.63, 3.8) is 0 Å². The number of fused-ring (bicyclic) bond motifs is 8. The zero-order chi connectivity index (χ0) is 35.6. The third kappa shape index (κ3) is 4.69. The van der Waals surface area contributed by atoms with Gasteiger partial charge in [0.25, 0.3) is 0 Å². The van der Waals surface area contributed by atoms with Gasteiger partial charge in [0.15, 0.2) is 17.5 Å². The molecule has 0 aliphatic heterocycles. The standard InChI is InChI=1S/C49H31N5/c1-3-16-33(17-4-1)47-50-48(34-28-29-39-37-21-9-12-24-42(37)53(45(39)31-34)35-18-5-2-6-19-35)52-49(51-47)41-23-11-14-26-44(41)54-43-25-13-10-22-38(43)40-30-27-32-15-7-8-20-36(32)46(40)54/h1-31H. The highest BCUT2D eigenvalue weighted by molar-refractivity contribution is 6.19. The average Bonchev–Trinajstić information content (AvgIpc) is 3.77. The van der Waals surface area contributed by atoms with Gasteiger partial charge in [-0.3, -0.25) is 0 Å². The summed E-state index contributed by atoms with van der Waals surface area (Å²) < 4.78 is 4.72. The SMILES string of the molecule is c1ccc(-c2nc(-c3ccc4c5ccccc5n(-c5ccccc5)c4c3)nc(-c3ccccc3-n3c4ccccc4c4ccc5ccccc5c43)n2)cc1. The predicted molar refractivity (Wildman–Crippen MR) is 222 cm³/mol. The Morgan fingerprint density at radius 3 is 1.69 bits per heavy atom. The van der Waals surface area contributed by atoms with Crippen molar-refractivity contribution < 1.29 is 0 Å². The van der Waals surface area contributed by atoms with E-state index >= 15 is 0 Å². The highest BCUT2D eigenvalue weighted by Gasteiger charge is 2.21. The van der Waals surface area contributed by atoms with Gasteiger partial charge in [-0.1, -0.05) is 146 Å². The minimum atomic E-state index is 0.615. The van der Waals surface area contributed by atoms with E-state index in [1.165, 1.54) is 37.8 Å². The Labute approximate surface area is 311 Å². The molecule has 0 aliphatic carbocycles. The van der Waals surface area contributed by atoms with Crippen LogP contribution in [0.5, 0.6) is 0 Å². The van der Waals surface area contributed by atoms with Gasteiger partial charge in [0, 0.05) is 49.3 Å². The second kappa shape index (κ2) is 12.1. The molecule has 0 saturated heterocycles. The van der Waals surface area contributed by atoms with Gasteiger partial charge in [-0.2, -0.15) is 0 Å². The Morgan fingerprint density at radius 1 is 0.333 bits per heavy atom. The first-order valence-corrected chi connectivity index (χ1v) is 18.2. The van der Waals surface area contributed by atoms with Crippen molar-refractivity contribution in [2.24, 2.45) is 0 Å². The molecule has 5 heteroatoms. The lowest BCUT2D eigenvalue weighted by molar-refractivity contribution is 1.06. The van der Waals surface area contributed by atoms with Crippen LogP contribution >= 0.6 is 0 Å². The topological polar surface area (TPSA) is 48.5 Å². The van der Waals surface area contributed by atoms with Gasteiger partial charge in [0.2, 0.25) is 0 Å². The van der Waals surface area contributed by atoms with Crippen LogP contribution in [0.4, 0.5) is 0 Å². The fourth-order valence-electron chi connectivity index (χ4n) is 8.14. The first kappa shape index (κ1) is 30.3. The molecular formula is C49H31N5. The van der Waals surface area contributed by atoms with Crippen molar-refractivity contribution in [3.05, 3.63) is 188 Å². The molecule has 0 spiro atoms. The van der Waals surface area contributed by atoms with Crippen LogP contribution in [0.1, 0.15) is 0 Å².